The smallest absolute Gasteiger partial charge is 0.311 e. The standard InChI is InChI=1S/C56H95FN6O13/c1-15-44-56(10,69)49(65)37(6)61(12)31-33(2)28-54(8,68)51(35(4)47(36(5)52(67)74-44)75-45-29-55(9,71-14)50(66)38(7)73-45)76-53-46(64)42(27-34(3)72-53)60(11)26-23-40-32-63(59-58-40)43(30-57)48(70-13)39-19-21-41(22-20-39)62-24-17-16-18-25-62/h19-22,32-38,42-51,53,64-66,68-69H,15-18,23-31H2,1-14H3/t33-,34-,35+,36-,37-,38+,42+,43-,44-,45+,46-,47+,48-,49-,50+,51-,53+,54-,55-,56-/m1/s1. The first-order valence-electron chi connectivity index (χ1n) is 27.9. The minimum atomic E-state index is -1.85. The molecule has 5 heterocycles. The average Bonchev–Trinajstić information content (AvgIpc) is 3.87. The van der Waals surface area contributed by atoms with Gasteiger partial charge in [0.15, 0.2) is 12.6 Å². The number of piperidine rings is 1. The van der Waals surface area contributed by atoms with Gasteiger partial charge in [-0.2, -0.15) is 0 Å². The molecule has 0 spiro atoms. The molecule has 6 rings (SSSR count). The molecule has 1 aromatic carbocycles. The normalized spacial score (nSPS) is 39.8. The minimum absolute atomic E-state index is 0.0888. The highest BCUT2D eigenvalue weighted by molar-refractivity contribution is 5.73. The topological polar surface area (TPSA) is 223 Å². The molecular weight excluding hydrogens is 984 g/mol. The highest BCUT2D eigenvalue weighted by atomic mass is 19.1. The molecule has 5 N–H and O–H groups in total. The number of alkyl halides is 1. The number of ether oxygens (including phenoxy) is 7. The predicted octanol–water partition coefficient (Wildman–Crippen LogP) is 4.99. The number of aliphatic hydroxyl groups excluding tert-OH is 3. The van der Waals surface area contributed by atoms with Crippen LogP contribution in [0.4, 0.5) is 10.1 Å². The maximum atomic E-state index is 14.9. The molecule has 2 aromatic rings. The van der Waals surface area contributed by atoms with Crippen LogP contribution in [0.5, 0.6) is 0 Å². The zero-order valence-electron chi connectivity index (χ0n) is 48.0. The van der Waals surface area contributed by atoms with Gasteiger partial charge in [0, 0.05) is 83.1 Å². The largest absolute Gasteiger partial charge is 0.459 e. The van der Waals surface area contributed by atoms with Crippen molar-refractivity contribution in [2.75, 3.05) is 66.1 Å². The molecule has 0 unspecified atom stereocenters. The quantitative estimate of drug-likeness (QED) is 0.140. The number of halogens is 1. The summed E-state index contributed by atoms with van der Waals surface area (Å²) in [6.45, 7) is 19.7. The van der Waals surface area contributed by atoms with E-state index in [0.717, 1.165) is 24.3 Å². The molecule has 0 amide bonds. The summed E-state index contributed by atoms with van der Waals surface area (Å²) in [4.78, 5) is 20.8. The molecular formula is C56H95FN6O13. The van der Waals surface area contributed by atoms with Crippen molar-refractivity contribution in [3.05, 3.63) is 41.7 Å². The maximum absolute atomic E-state index is 14.9. The number of cyclic esters (lactones) is 1. The van der Waals surface area contributed by atoms with E-state index >= 15 is 0 Å². The number of hydrogen-bond donors (Lipinski definition) is 5. The van der Waals surface area contributed by atoms with Crippen molar-refractivity contribution in [3.8, 4) is 0 Å². The molecule has 20 heteroatoms. The van der Waals surface area contributed by atoms with E-state index in [-0.39, 0.29) is 25.2 Å². The van der Waals surface area contributed by atoms with Crippen molar-refractivity contribution >= 4 is 11.7 Å². The van der Waals surface area contributed by atoms with Crippen molar-refractivity contribution in [1.29, 1.82) is 0 Å². The summed E-state index contributed by atoms with van der Waals surface area (Å²) >= 11 is 0. The monoisotopic (exact) mass is 1080 g/mol. The lowest BCUT2D eigenvalue weighted by Crippen LogP contribution is -2.61. The van der Waals surface area contributed by atoms with Gasteiger partial charge in [0.25, 0.3) is 0 Å². The van der Waals surface area contributed by atoms with Crippen LogP contribution in [0.2, 0.25) is 0 Å². The fraction of sp³-hybridized carbons (Fsp3) is 0.839. The number of aromatic nitrogens is 3. The molecule has 0 saturated carbocycles. The summed E-state index contributed by atoms with van der Waals surface area (Å²) in [5.74, 6) is -2.85. The van der Waals surface area contributed by atoms with Crippen LogP contribution in [-0.4, -0.2) is 208 Å². The molecule has 434 valence electrons. The van der Waals surface area contributed by atoms with Gasteiger partial charge in [0.05, 0.1) is 47.2 Å². The summed E-state index contributed by atoms with van der Waals surface area (Å²) in [5.41, 5.74) is -1.96. The van der Waals surface area contributed by atoms with Gasteiger partial charge in [0.2, 0.25) is 0 Å². The van der Waals surface area contributed by atoms with Crippen molar-refractivity contribution < 1.29 is 67.9 Å². The van der Waals surface area contributed by atoms with E-state index in [0.29, 0.717) is 31.6 Å². The van der Waals surface area contributed by atoms with Gasteiger partial charge in [-0.05, 0) is 125 Å². The second-order valence-electron chi connectivity index (χ2n) is 23.6. The van der Waals surface area contributed by atoms with Crippen LogP contribution in [-0.2, 0) is 44.4 Å². The molecule has 4 saturated heterocycles. The molecule has 0 bridgehead atoms. The Morgan fingerprint density at radius 3 is 2.22 bits per heavy atom. The number of methoxy groups -OCH3 is 2. The van der Waals surface area contributed by atoms with Gasteiger partial charge in [-0.1, -0.05) is 38.1 Å². The third kappa shape index (κ3) is 14.3. The number of esters is 1. The van der Waals surface area contributed by atoms with Gasteiger partial charge < -0.3 is 73.4 Å². The number of rotatable bonds is 16. The predicted molar refractivity (Wildman–Crippen MR) is 284 cm³/mol. The van der Waals surface area contributed by atoms with E-state index < -0.39 is 127 Å². The Kier molecular flexibility index (Phi) is 21.7. The van der Waals surface area contributed by atoms with Crippen molar-refractivity contribution in [2.24, 2.45) is 17.8 Å². The van der Waals surface area contributed by atoms with E-state index in [2.05, 4.69) is 27.3 Å². The molecule has 76 heavy (non-hydrogen) atoms. The van der Waals surface area contributed by atoms with Gasteiger partial charge in [-0.3, -0.25) is 4.79 Å². The summed E-state index contributed by atoms with van der Waals surface area (Å²) in [5, 5.41) is 68.7. The summed E-state index contributed by atoms with van der Waals surface area (Å²) in [7, 11) is 6.81. The Morgan fingerprint density at radius 1 is 0.934 bits per heavy atom. The van der Waals surface area contributed by atoms with Crippen molar-refractivity contribution in [2.45, 2.75) is 223 Å². The number of carbonyl (C=O) groups is 1. The van der Waals surface area contributed by atoms with Gasteiger partial charge >= 0.3 is 5.97 Å². The zero-order valence-corrected chi connectivity index (χ0v) is 48.0. The number of aliphatic hydroxyl groups is 5. The van der Waals surface area contributed by atoms with E-state index in [9.17, 15) is 34.7 Å². The average molecular weight is 1080 g/mol. The molecule has 4 fully saturated rings. The number of anilines is 1. The van der Waals surface area contributed by atoms with Crippen molar-refractivity contribution in [1.82, 2.24) is 24.8 Å². The van der Waals surface area contributed by atoms with E-state index in [4.69, 9.17) is 33.2 Å². The van der Waals surface area contributed by atoms with Crippen LogP contribution < -0.4 is 4.90 Å². The zero-order chi connectivity index (χ0) is 56.0. The first-order valence-corrected chi connectivity index (χ1v) is 27.9. The van der Waals surface area contributed by atoms with Gasteiger partial charge in [-0.15, -0.1) is 5.10 Å². The van der Waals surface area contributed by atoms with E-state index in [1.54, 1.807) is 54.8 Å². The summed E-state index contributed by atoms with van der Waals surface area (Å²) in [6.07, 6.45) is -4.22. The SMILES string of the molecule is CC[C@H]1OC(=O)[C@H](C)[C@@H](O[C@H]2C[C@@](C)(OC)[C@@H](O)[C@H](C)O2)[C@H](C)[C@@H](O[C@@H]2O[C@H](C)C[C@H](N(C)CCc3cn([C@H](CF)[C@H](OC)c4ccc(N5CCCCC5)cc4)nn3)[C@H]2O)[C@](C)(O)C[C@@H](C)CN(C)[C@H](C)[C@@H](O)[C@]1(C)O. The fourth-order valence-corrected chi connectivity index (χ4v) is 12.5. The Balaban J connectivity index is 1.25. The number of nitrogens with zero attached hydrogens (tertiary/aromatic N) is 6. The minimum Gasteiger partial charge on any atom is -0.459 e. The molecule has 20 atom stereocenters. The van der Waals surface area contributed by atoms with Crippen LogP contribution in [0.1, 0.15) is 138 Å². The number of likely N-dealkylation sites (N-methyl/N-ethyl adjacent to an activating group) is 2. The number of hydrogen-bond acceptors (Lipinski definition) is 18. The molecule has 4 aliphatic rings. The second-order valence-corrected chi connectivity index (χ2v) is 23.6. The summed E-state index contributed by atoms with van der Waals surface area (Å²) in [6, 6.07) is 6.32. The Labute approximate surface area is 451 Å². The lowest BCUT2D eigenvalue weighted by molar-refractivity contribution is -0.318. The van der Waals surface area contributed by atoms with Crippen molar-refractivity contribution in [3.63, 3.8) is 0 Å². The Bertz CT molecular complexity index is 2100. The molecule has 4 aliphatic heterocycles. The number of benzene rings is 1. The third-order valence-electron chi connectivity index (χ3n) is 17.4. The first kappa shape index (κ1) is 62.2. The van der Waals surface area contributed by atoms with Crippen LogP contribution in [0.15, 0.2) is 30.5 Å². The van der Waals surface area contributed by atoms with Crippen LogP contribution >= 0.6 is 0 Å². The highest BCUT2D eigenvalue weighted by Gasteiger charge is 2.53. The maximum Gasteiger partial charge on any atom is 0.311 e. The molecule has 0 aliphatic carbocycles. The van der Waals surface area contributed by atoms with Gasteiger partial charge in [0.1, 0.15) is 48.8 Å². The molecule has 1 aromatic heterocycles. The lowest BCUT2D eigenvalue weighted by Gasteiger charge is -2.49. The Hall–Kier alpha value is -2.96. The molecule has 0 radical (unpaired) electrons. The first-order chi connectivity index (χ1) is 35.8. The molecule has 19 nitrogen and oxygen atoms in total. The van der Waals surface area contributed by atoms with E-state index in [1.807, 2.05) is 56.8 Å². The van der Waals surface area contributed by atoms with Crippen LogP contribution in [0, 0.1) is 17.8 Å². The van der Waals surface area contributed by atoms with Gasteiger partial charge in [-0.25, -0.2) is 9.07 Å². The lowest BCUT2D eigenvalue weighted by atomic mass is 9.77. The number of carbonyl (C=O) groups excluding carboxylic acids is 1. The fourth-order valence-electron chi connectivity index (χ4n) is 12.5. The Morgan fingerprint density at radius 2 is 1.61 bits per heavy atom. The highest BCUT2D eigenvalue weighted by Crippen LogP contribution is 2.41. The van der Waals surface area contributed by atoms with Crippen LogP contribution in [0.3, 0.4) is 0 Å². The third-order valence-corrected chi connectivity index (χ3v) is 17.4. The van der Waals surface area contributed by atoms with E-state index in [1.165, 1.54) is 38.0 Å². The summed E-state index contributed by atoms with van der Waals surface area (Å²) < 4.78 is 60.8. The second kappa shape index (κ2) is 26.5. The van der Waals surface area contributed by atoms with Crippen LogP contribution in [0.25, 0.3) is 0 Å².